The highest BCUT2D eigenvalue weighted by atomic mass is 16.5. The average molecular weight is 238 g/mol. The summed E-state index contributed by atoms with van der Waals surface area (Å²) in [6.07, 6.45) is 6.31. The Hall–Kier alpha value is -1.78. The lowest BCUT2D eigenvalue weighted by atomic mass is 10.1. The minimum absolute atomic E-state index is 0.290. The number of carbonyl (C=O) groups is 2. The maximum Gasteiger partial charge on any atom is 0.329 e. The minimum Gasteiger partial charge on any atom is -0.464 e. The molecule has 0 bridgehead atoms. The van der Waals surface area contributed by atoms with Crippen molar-refractivity contribution in [3.8, 4) is 0 Å². The van der Waals surface area contributed by atoms with E-state index in [4.69, 9.17) is 10.5 Å². The Morgan fingerprint density at radius 3 is 2.76 bits per heavy atom. The van der Waals surface area contributed by atoms with Crippen molar-refractivity contribution < 1.29 is 14.3 Å². The quantitative estimate of drug-likeness (QED) is 0.723. The second-order valence-corrected chi connectivity index (χ2v) is 3.73. The molecule has 5 heteroatoms. The van der Waals surface area contributed by atoms with E-state index in [-0.39, 0.29) is 5.97 Å². The van der Waals surface area contributed by atoms with E-state index >= 15 is 0 Å². The molecule has 0 radical (unpaired) electrons. The summed E-state index contributed by atoms with van der Waals surface area (Å²) < 4.78 is 4.98. The van der Waals surface area contributed by atoms with E-state index in [1.165, 1.54) is 0 Å². The fourth-order valence-electron chi connectivity index (χ4n) is 1.67. The highest BCUT2D eigenvalue weighted by Crippen LogP contribution is 2.17. The molecular weight excluding hydrogens is 220 g/mol. The maximum absolute atomic E-state index is 11.7. The van der Waals surface area contributed by atoms with Crippen LogP contribution in [0.25, 0.3) is 0 Å². The molecule has 0 aromatic rings. The molecular formula is C12H18N2O3. The van der Waals surface area contributed by atoms with Gasteiger partial charge in [-0.3, -0.25) is 4.79 Å². The highest BCUT2D eigenvalue weighted by Gasteiger charge is 2.24. The molecule has 1 heterocycles. The first-order chi connectivity index (χ1) is 8.10. The van der Waals surface area contributed by atoms with Crippen molar-refractivity contribution in [3.05, 3.63) is 24.0 Å². The number of primary amides is 1. The number of ether oxygens (including phenoxy) is 1. The highest BCUT2D eigenvalue weighted by molar-refractivity contribution is 5.92. The predicted octanol–water partition coefficient (Wildman–Crippen LogP) is 0.917. The minimum atomic E-state index is -0.460. The zero-order valence-electron chi connectivity index (χ0n) is 10.2. The monoisotopic (exact) mass is 238 g/mol. The molecule has 0 aromatic carbocycles. The third-order valence-corrected chi connectivity index (χ3v) is 2.54. The first-order valence-corrected chi connectivity index (χ1v) is 5.71. The van der Waals surface area contributed by atoms with E-state index in [0.717, 1.165) is 0 Å². The number of rotatable bonds is 5. The summed E-state index contributed by atoms with van der Waals surface area (Å²) in [5.74, 6) is -0.750. The molecule has 0 saturated carbocycles. The van der Waals surface area contributed by atoms with Crippen LogP contribution in [0, 0.1) is 0 Å². The molecule has 1 aliphatic rings. The lowest BCUT2D eigenvalue weighted by Crippen LogP contribution is -2.37. The summed E-state index contributed by atoms with van der Waals surface area (Å²) in [5.41, 5.74) is 5.72. The first kappa shape index (κ1) is 13.3. The van der Waals surface area contributed by atoms with E-state index in [0.29, 0.717) is 25.0 Å². The van der Waals surface area contributed by atoms with Crippen LogP contribution in [0.5, 0.6) is 0 Å². The van der Waals surface area contributed by atoms with E-state index < -0.39 is 11.9 Å². The van der Waals surface area contributed by atoms with Crippen LogP contribution >= 0.6 is 0 Å². The second kappa shape index (κ2) is 6.08. The number of allylic oxidation sites excluding steroid dienone is 1. The molecule has 1 rings (SSSR count). The van der Waals surface area contributed by atoms with Gasteiger partial charge in [-0.25, -0.2) is 4.79 Å². The molecule has 0 aromatic heterocycles. The molecule has 5 nitrogen and oxygen atoms in total. The van der Waals surface area contributed by atoms with Gasteiger partial charge < -0.3 is 15.4 Å². The van der Waals surface area contributed by atoms with Crippen molar-refractivity contribution >= 4 is 11.9 Å². The molecule has 1 aliphatic heterocycles. The van der Waals surface area contributed by atoms with Gasteiger partial charge in [0.1, 0.15) is 6.04 Å². The third kappa shape index (κ3) is 3.34. The summed E-state index contributed by atoms with van der Waals surface area (Å²) in [6.45, 7) is 4.00. The van der Waals surface area contributed by atoms with Crippen molar-refractivity contribution in [2.24, 2.45) is 5.73 Å². The Bertz CT molecular complexity index is 361. The van der Waals surface area contributed by atoms with Crippen molar-refractivity contribution in [1.82, 2.24) is 4.90 Å². The van der Waals surface area contributed by atoms with Crippen LogP contribution in [0.3, 0.4) is 0 Å². The predicted molar refractivity (Wildman–Crippen MR) is 63.6 cm³/mol. The fraction of sp³-hybridized carbons (Fsp3) is 0.500. The van der Waals surface area contributed by atoms with Crippen LogP contribution in [0.2, 0.25) is 0 Å². The molecule has 0 spiro atoms. The number of amides is 1. The molecule has 0 saturated heterocycles. The van der Waals surface area contributed by atoms with Gasteiger partial charge in [-0.2, -0.15) is 0 Å². The summed E-state index contributed by atoms with van der Waals surface area (Å²) in [7, 11) is 0. The van der Waals surface area contributed by atoms with Gasteiger partial charge in [0, 0.05) is 18.0 Å². The summed E-state index contributed by atoms with van der Waals surface area (Å²) in [6, 6.07) is -0.402. The molecule has 1 unspecified atom stereocenters. The van der Waals surface area contributed by atoms with Crippen LogP contribution in [-0.2, 0) is 14.3 Å². The smallest absolute Gasteiger partial charge is 0.329 e. The maximum atomic E-state index is 11.7. The van der Waals surface area contributed by atoms with Crippen molar-refractivity contribution in [2.45, 2.75) is 32.7 Å². The van der Waals surface area contributed by atoms with Gasteiger partial charge in [-0.1, -0.05) is 13.0 Å². The standard InChI is InChI=1S/C12H18N2O3/c1-3-10(12(16)17-4-2)14-7-5-6-9(8-14)11(13)15/h5,7-8,10H,3-4,6H2,1-2H3,(H2,13,15). The number of nitrogens with zero attached hydrogens (tertiary/aromatic N) is 1. The van der Waals surface area contributed by atoms with Crippen LogP contribution < -0.4 is 5.73 Å². The Morgan fingerprint density at radius 1 is 1.53 bits per heavy atom. The average Bonchev–Trinajstić information content (AvgIpc) is 2.30. The van der Waals surface area contributed by atoms with Crippen LogP contribution in [0.1, 0.15) is 26.7 Å². The number of esters is 1. The van der Waals surface area contributed by atoms with E-state index in [9.17, 15) is 9.59 Å². The fourth-order valence-corrected chi connectivity index (χ4v) is 1.67. The lowest BCUT2D eigenvalue weighted by molar-refractivity contribution is -0.147. The van der Waals surface area contributed by atoms with Crippen molar-refractivity contribution in [2.75, 3.05) is 6.61 Å². The SMILES string of the molecule is CCOC(=O)C(CC)N1C=CCC(C(N)=O)=C1. The van der Waals surface area contributed by atoms with Gasteiger partial charge in [-0.15, -0.1) is 0 Å². The van der Waals surface area contributed by atoms with Gasteiger partial charge in [0.05, 0.1) is 6.61 Å². The number of hydrogen-bond acceptors (Lipinski definition) is 4. The second-order valence-electron chi connectivity index (χ2n) is 3.73. The van der Waals surface area contributed by atoms with Crippen molar-refractivity contribution in [1.29, 1.82) is 0 Å². The van der Waals surface area contributed by atoms with Gasteiger partial charge in [0.25, 0.3) is 0 Å². The summed E-state index contributed by atoms with van der Waals surface area (Å²) in [5, 5.41) is 0. The topological polar surface area (TPSA) is 72.6 Å². The first-order valence-electron chi connectivity index (χ1n) is 5.71. The van der Waals surface area contributed by atoms with Crippen LogP contribution in [0.4, 0.5) is 0 Å². The molecule has 1 amide bonds. The summed E-state index contributed by atoms with van der Waals surface area (Å²) in [4.78, 5) is 24.5. The molecule has 17 heavy (non-hydrogen) atoms. The van der Waals surface area contributed by atoms with Gasteiger partial charge in [0.2, 0.25) is 5.91 Å². The van der Waals surface area contributed by atoms with E-state index in [2.05, 4.69) is 0 Å². The summed E-state index contributed by atoms with van der Waals surface area (Å²) >= 11 is 0. The normalized spacial score (nSPS) is 16.4. The molecule has 0 fully saturated rings. The van der Waals surface area contributed by atoms with Gasteiger partial charge in [0.15, 0.2) is 0 Å². The van der Waals surface area contributed by atoms with Gasteiger partial charge >= 0.3 is 5.97 Å². The van der Waals surface area contributed by atoms with Gasteiger partial charge in [-0.05, 0) is 19.8 Å². The Morgan fingerprint density at radius 2 is 2.24 bits per heavy atom. The van der Waals surface area contributed by atoms with E-state index in [1.807, 2.05) is 13.0 Å². The van der Waals surface area contributed by atoms with E-state index in [1.54, 1.807) is 24.2 Å². The number of hydrogen-bond donors (Lipinski definition) is 1. The molecule has 2 N–H and O–H groups in total. The third-order valence-electron chi connectivity index (χ3n) is 2.54. The Balaban J connectivity index is 2.82. The largest absolute Gasteiger partial charge is 0.464 e. The molecule has 94 valence electrons. The number of nitrogens with two attached hydrogens (primary N) is 1. The molecule has 1 atom stereocenters. The Kier molecular flexibility index (Phi) is 4.75. The van der Waals surface area contributed by atoms with Crippen molar-refractivity contribution in [3.63, 3.8) is 0 Å². The van der Waals surface area contributed by atoms with Crippen LogP contribution in [0.15, 0.2) is 24.0 Å². The van der Waals surface area contributed by atoms with Crippen LogP contribution in [-0.4, -0.2) is 29.4 Å². The zero-order chi connectivity index (χ0) is 12.8. The molecule has 0 aliphatic carbocycles. The lowest BCUT2D eigenvalue weighted by Gasteiger charge is -2.27. The number of carbonyl (C=O) groups excluding carboxylic acids is 2. The zero-order valence-corrected chi connectivity index (χ0v) is 10.2. The Labute approximate surface area is 101 Å².